The van der Waals surface area contributed by atoms with E-state index in [0.29, 0.717) is 0 Å². The second kappa shape index (κ2) is 1.54. The molecule has 12 heavy (non-hydrogen) atoms. The van der Waals surface area contributed by atoms with E-state index in [4.69, 9.17) is 0 Å². The second-order valence-electron chi connectivity index (χ2n) is 5.33. The van der Waals surface area contributed by atoms with Gasteiger partial charge in [0.25, 0.3) is 0 Å². The molecule has 0 N–H and O–H groups in total. The number of hydrogen-bond donors (Lipinski definition) is 0. The van der Waals surface area contributed by atoms with Gasteiger partial charge in [-0.05, 0) is 48.3 Å². The van der Waals surface area contributed by atoms with Crippen molar-refractivity contribution in [3.05, 3.63) is 11.6 Å². The van der Waals surface area contributed by atoms with Crippen molar-refractivity contribution >= 4 is 0 Å². The summed E-state index contributed by atoms with van der Waals surface area (Å²) < 4.78 is 0. The zero-order chi connectivity index (χ0) is 7.92. The summed E-state index contributed by atoms with van der Waals surface area (Å²) in [4.78, 5) is 0. The molecule has 0 nitrogen and oxygen atoms in total. The predicted octanol–water partition coefficient (Wildman–Crippen LogP) is 3.00. The molecule has 0 heteroatoms. The Kier molecular flexibility index (Phi) is 0.799. The first-order valence-electron chi connectivity index (χ1n) is 5.61. The molecule has 0 bridgehead atoms. The summed E-state index contributed by atoms with van der Waals surface area (Å²) in [5.74, 6) is 4.42. The third-order valence-corrected chi connectivity index (χ3v) is 5.22. The lowest BCUT2D eigenvalue weighted by molar-refractivity contribution is 0.222. The van der Waals surface area contributed by atoms with Crippen LogP contribution in [0.1, 0.15) is 32.6 Å². The molecule has 4 rings (SSSR count). The Morgan fingerprint density at radius 1 is 1.58 bits per heavy atom. The van der Waals surface area contributed by atoms with Gasteiger partial charge in [-0.1, -0.05) is 25.0 Å². The maximum absolute atomic E-state index is 2.66. The summed E-state index contributed by atoms with van der Waals surface area (Å²) in [7, 11) is 0. The van der Waals surface area contributed by atoms with Crippen LogP contribution >= 0.6 is 0 Å². The summed E-state index contributed by atoms with van der Waals surface area (Å²) in [5, 5.41) is 0. The monoisotopic (exact) mass is 160 g/mol. The smallest absolute Gasteiger partial charge is 0.00950 e. The molecular formula is C12H16. The van der Waals surface area contributed by atoms with E-state index in [0.717, 1.165) is 23.2 Å². The van der Waals surface area contributed by atoms with E-state index in [-0.39, 0.29) is 0 Å². The van der Waals surface area contributed by atoms with E-state index in [1.807, 2.05) is 5.57 Å². The van der Waals surface area contributed by atoms with Gasteiger partial charge in [-0.25, -0.2) is 0 Å². The van der Waals surface area contributed by atoms with Crippen molar-refractivity contribution in [2.75, 3.05) is 0 Å². The summed E-state index contributed by atoms with van der Waals surface area (Å²) in [6.07, 6.45) is 8.66. The molecule has 3 fully saturated rings. The van der Waals surface area contributed by atoms with Crippen LogP contribution in [0.2, 0.25) is 0 Å². The predicted molar refractivity (Wildman–Crippen MR) is 48.6 cm³/mol. The Morgan fingerprint density at radius 3 is 3.25 bits per heavy atom. The van der Waals surface area contributed by atoms with Crippen molar-refractivity contribution < 1.29 is 0 Å². The molecule has 5 atom stereocenters. The van der Waals surface area contributed by atoms with Gasteiger partial charge in [0, 0.05) is 0 Å². The van der Waals surface area contributed by atoms with Gasteiger partial charge in [0.05, 0.1) is 0 Å². The van der Waals surface area contributed by atoms with E-state index in [9.17, 15) is 0 Å². The van der Waals surface area contributed by atoms with Crippen LogP contribution in [0.5, 0.6) is 0 Å². The highest BCUT2D eigenvalue weighted by Crippen LogP contribution is 2.89. The zero-order valence-electron chi connectivity index (χ0n) is 7.72. The fourth-order valence-corrected chi connectivity index (χ4v) is 5.00. The number of allylic oxidation sites excluding steroid dienone is 2. The highest BCUT2D eigenvalue weighted by atomic mass is 14.9. The first-order chi connectivity index (χ1) is 5.89. The standard InChI is InChI=1S/C12H16/c1-2-3-9-8-6-7-4-5-12(9)10(7)11(8)12/h6-7,9-11H,2-5H2,1H3. The van der Waals surface area contributed by atoms with Crippen LogP contribution in [-0.4, -0.2) is 0 Å². The van der Waals surface area contributed by atoms with Crippen LogP contribution < -0.4 is 0 Å². The van der Waals surface area contributed by atoms with E-state index in [2.05, 4.69) is 13.0 Å². The number of hydrogen-bond acceptors (Lipinski definition) is 0. The van der Waals surface area contributed by atoms with E-state index in [1.165, 1.54) is 25.2 Å². The van der Waals surface area contributed by atoms with Crippen molar-refractivity contribution in [1.82, 2.24) is 0 Å². The molecule has 1 spiro atoms. The van der Waals surface area contributed by atoms with Gasteiger partial charge in [0.15, 0.2) is 0 Å². The summed E-state index contributed by atoms with van der Waals surface area (Å²) in [5.41, 5.74) is 2.83. The Hall–Kier alpha value is -0.260. The van der Waals surface area contributed by atoms with Crippen LogP contribution in [-0.2, 0) is 0 Å². The minimum absolute atomic E-state index is 0.921. The lowest BCUT2D eigenvalue weighted by Gasteiger charge is -2.38. The Bertz CT molecular complexity index is 288. The van der Waals surface area contributed by atoms with Crippen LogP contribution in [0.25, 0.3) is 0 Å². The zero-order valence-corrected chi connectivity index (χ0v) is 7.72. The molecule has 0 aliphatic heterocycles. The van der Waals surface area contributed by atoms with Crippen LogP contribution in [0.3, 0.4) is 0 Å². The first-order valence-corrected chi connectivity index (χ1v) is 5.61. The SMILES string of the molecule is CCCC1C2=CC3CCC14C2C34. The van der Waals surface area contributed by atoms with Crippen LogP contribution in [0.15, 0.2) is 11.6 Å². The minimum Gasteiger partial charge on any atom is -0.0813 e. The molecule has 0 saturated heterocycles. The van der Waals surface area contributed by atoms with Crippen molar-refractivity contribution in [2.24, 2.45) is 29.1 Å². The molecule has 4 aliphatic carbocycles. The quantitative estimate of drug-likeness (QED) is 0.545. The van der Waals surface area contributed by atoms with Gasteiger partial charge in [0.1, 0.15) is 0 Å². The van der Waals surface area contributed by atoms with Crippen LogP contribution in [0.4, 0.5) is 0 Å². The minimum atomic E-state index is 0.921. The van der Waals surface area contributed by atoms with Crippen molar-refractivity contribution in [2.45, 2.75) is 32.6 Å². The lowest BCUT2D eigenvalue weighted by atomic mass is 9.66. The van der Waals surface area contributed by atoms with E-state index >= 15 is 0 Å². The molecule has 0 amide bonds. The Balaban J connectivity index is 1.77. The summed E-state index contributed by atoms with van der Waals surface area (Å²) >= 11 is 0. The molecule has 4 aliphatic rings. The highest BCUT2D eigenvalue weighted by molar-refractivity contribution is 5.51. The maximum atomic E-state index is 2.66. The van der Waals surface area contributed by atoms with Gasteiger partial charge in [-0.2, -0.15) is 0 Å². The van der Waals surface area contributed by atoms with Crippen molar-refractivity contribution in [3.63, 3.8) is 0 Å². The average Bonchev–Trinajstić information content (AvgIpc) is 2.42. The van der Waals surface area contributed by atoms with Crippen LogP contribution in [0, 0.1) is 29.1 Å². The molecule has 0 aromatic carbocycles. The second-order valence-corrected chi connectivity index (χ2v) is 5.33. The van der Waals surface area contributed by atoms with E-state index in [1.54, 1.807) is 6.42 Å². The van der Waals surface area contributed by atoms with Crippen molar-refractivity contribution in [3.8, 4) is 0 Å². The van der Waals surface area contributed by atoms with Gasteiger partial charge in [0.2, 0.25) is 0 Å². The fourth-order valence-electron chi connectivity index (χ4n) is 5.00. The number of rotatable bonds is 2. The molecular weight excluding hydrogens is 144 g/mol. The maximum Gasteiger partial charge on any atom is -0.00950 e. The van der Waals surface area contributed by atoms with E-state index < -0.39 is 0 Å². The molecule has 5 unspecified atom stereocenters. The molecule has 0 heterocycles. The fraction of sp³-hybridized carbons (Fsp3) is 0.833. The third-order valence-electron chi connectivity index (χ3n) is 5.22. The summed E-state index contributed by atoms with van der Waals surface area (Å²) in [6.45, 7) is 2.34. The Labute approximate surface area is 74.0 Å². The molecule has 0 radical (unpaired) electrons. The molecule has 64 valence electrons. The largest absolute Gasteiger partial charge is 0.0813 e. The lowest BCUT2D eigenvalue weighted by Crippen LogP contribution is -2.31. The topological polar surface area (TPSA) is 0 Å². The third kappa shape index (κ3) is 0.372. The van der Waals surface area contributed by atoms with Gasteiger partial charge >= 0.3 is 0 Å². The van der Waals surface area contributed by atoms with Gasteiger partial charge in [-0.3, -0.25) is 0 Å². The molecule has 3 saturated carbocycles. The Morgan fingerprint density at radius 2 is 2.50 bits per heavy atom. The summed E-state index contributed by atoms with van der Waals surface area (Å²) in [6, 6.07) is 0. The van der Waals surface area contributed by atoms with Gasteiger partial charge in [-0.15, -0.1) is 0 Å². The van der Waals surface area contributed by atoms with Gasteiger partial charge < -0.3 is 0 Å². The van der Waals surface area contributed by atoms with Crippen molar-refractivity contribution in [1.29, 1.82) is 0 Å². The normalized spacial score (nSPS) is 62.6. The first kappa shape index (κ1) is 6.23. The molecule has 0 aromatic heterocycles. The average molecular weight is 160 g/mol. The highest BCUT2D eigenvalue weighted by Gasteiger charge is 2.83. The molecule has 0 aromatic rings.